The summed E-state index contributed by atoms with van der Waals surface area (Å²) in [5.74, 6) is 0.162. The molecule has 0 fully saturated rings. The molecule has 170 valence electrons. The smallest absolute Gasteiger partial charge is 0.129 e. The van der Waals surface area contributed by atoms with Crippen LogP contribution in [0.1, 0.15) is 30.1 Å². The van der Waals surface area contributed by atoms with E-state index >= 15 is 0 Å². The monoisotopic (exact) mass is 457 g/mol. The molecule has 4 N–H and O–H groups in total. The Kier molecular flexibility index (Phi) is 7.72. The van der Waals surface area contributed by atoms with Crippen LogP contribution in [0.2, 0.25) is 0 Å². The number of hydrogen-bond acceptors (Lipinski definition) is 6. The first-order valence-electron chi connectivity index (χ1n) is 10.1. The minimum Gasteiger partial charge on any atom is -0.487 e. The first-order chi connectivity index (χ1) is 14.4. The molecule has 5 atom stereocenters. The van der Waals surface area contributed by atoms with Gasteiger partial charge < -0.3 is 30.1 Å². The van der Waals surface area contributed by atoms with Crippen LogP contribution in [0.3, 0.4) is 0 Å². The molecule has 2 aromatic carbocycles. The molecule has 2 aliphatic rings. The van der Waals surface area contributed by atoms with Gasteiger partial charge in [-0.1, -0.05) is 0 Å². The zero-order valence-corrected chi connectivity index (χ0v) is 17.5. The third-order valence-corrected chi connectivity index (χ3v) is 5.63. The fraction of sp³-hybridized carbons (Fsp3) is 0.455. The average Bonchev–Trinajstić information content (AvgIpc) is 2.73. The molecule has 31 heavy (non-hydrogen) atoms. The van der Waals surface area contributed by atoms with E-state index in [4.69, 9.17) is 9.47 Å². The van der Waals surface area contributed by atoms with E-state index in [0.717, 1.165) is 5.56 Å². The summed E-state index contributed by atoms with van der Waals surface area (Å²) in [5.41, 5.74) is 1.16. The van der Waals surface area contributed by atoms with Crippen LogP contribution in [0.25, 0.3) is 0 Å². The van der Waals surface area contributed by atoms with Crippen LogP contribution in [-0.4, -0.2) is 52.8 Å². The van der Waals surface area contributed by atoms with Crippen molar-refractivity contribution in [3.63, 3.8) is 0 Å². The molecule has 0 aromatic heterocycles. The van der Waals surface area contributed by atoms with Crippen LogP contribution in [0.4, 0.5) is 8.78 Å². The lowest BCUT2D eigenvalue weighted by molar-refractivity contribution is -0.0175. The van der Waals surface area contributed by atoms with Crippen molar-refractivity contribution in [2.24, 2.45) is 0 Å². The van der Waals surface area contributed by atoms with Crippen LogP contribution < -0.4 is 14.8 Å². The second-order valence-electron chi connectivity index (χ2n) is 7.83. The number of ether oxygens (including phenoxy) is 2. The van der Waals surface area contributed by atoms with Crippen molar-refractivity contribution in [3.05, 3.63) is 59.2 Å². The molecule has 0 spiro atoms. The van der Waals surface area contributed by atoms with Crippen LogP contribution >= 0.6 is 12.4 Å². The van der Waals surface area contributed by atoms with Crippen molar-refractivity contribution >= 4 is 12.4 Å². The summed E-state index contributed by atoms with van der Waals surface area (Å²) in [7, 11) is 0. The maximum atomic E-state index is 13.3. The highest BCUT2D eigenvalue weighted by molar-refractivity contribution is 5.85. The molecule has 0 radical (unpaired) electrons. The first-order valence-corrected chi connectivity index (χ1v) is 10.1. The summed E-state index contributed by atoms with van der Waals surface area (Å²) in [4.78, 5) is 0. The average molecular weight is 458 g/mol. The Labute approximate surface area is 185 Å². The second kappa shape index (κ2) is 10.1. The van der Waals surface area contributed by atoms with Crippen LogP contribution in [0.15, 0.2) is 36.4 Å². The minimum absolute atomic E-state index is 0. The van der Waals surface area contributed by atoms with Gasteiger partial charge in [-0.15, -0.1) is 12.4 Å². The lowest BCUT2D eigenvalue weighted by atomic mass is 9.96. The van der Waals surface area contributed by atoms with Gasteiger partial charge in [0.05, 0.1) is 6.10 Å². The molecule has 0 saturated carbocycles. The minimum atomic E-state index is -0.930. The summed E-state index contributed by atoms with van der Waals surface area (Å²) in [5, 5.41) is 34.1. The standard InChI is InChI=1S/C22H25F2NO5.ClH/c23-13-2-5-19-12(7-13)1-4-21(29-19)17(27)10-25-11-18(28)22-9-16(26)15-8-14(24)3-6-20(15)30-22;/h2-3,5-8,16-18,21-22,25-28H,1,4,9-11H2;1H. The lowest BCUT2D eigenvalue weighted by Gasteiger charge is -2.33. The third-order valence-electron chi connectivity index (χ3n) is 5.63. The number of nitrogens with one attached hydrogen (secondary N) is 1. The van der Waals surface area contributed by atoms with E-state index in [1.165, 1.54) is 30.3 Å². The van der Waals surface area contributed by atoms with Crippen molar-refractivity contribution in [2.75, 3.05) is 13.1 Å². The van der Waals surface area contributed by atoms with Gasteiger partial charge in [-0.2, -0.15) is 0 Å². The molecule has 2 heterocycles. The highest BCUT2D eigenvalue weighted by Crippen LogP contribution is 2.36. The molecular weight excluding hydrogens is 432 g/mol. The molecule has 4 rings (SSSR count). The molecule has 0 bridgehead atoms. The van der Waals surface area contributed by atoms with E-state index < -0.39 is 36.3 Å². The van der Waals surface area contributed by atoms with Crippen LogP contribution in [-0.2, 0) is 6.42 Å². The molecule has 0 aliphatic carbocycles. The Balaban J connectivity index is 0.00000272. The van der Waals surface area contributed by atoms with Gasteiger partial charge in [-0.3, -0.25) is 0 Å². The van der Waals surface area contributed by atoms with E-state index in [2.05, 4.69) is 5.32 Å². The molecule has 2 aliphatic heterocycles. The highest BCUT2D eigenvalue weighted by Gasteiger charge is 2.32. The van der Waals surface area contributed by atoms with Crippen molar-refractivity contribution < 1.29 is 33.6 Å². The second-order valence-corrected chi connectivity index (χ2v) is 7.83. The molecule has 5 unspecified atom stereocenters. The van der Waals surface area contributed by atoms with Gasteiger partial charge in [-0.05, 0) is 54.8 Å². The van der Waals surface area contributed by atoms with Gasteiger partial charge in [0.2, 0.25) is 0 Å². The van der Waals surface area contributed by atoms with Gasteiger partial charge in [0.15, 0.2) is 0 Å². The van der Waals surface area contributed by atoms with Crippen LogP contribution in [0, 0.1) is 11.6 Å². The maximum Gasteiger partial charge on any atom is 0.129 e. The summed E-state index contributed by atoms with van der Waals surface area (Å²) in [6.45, 7) is 0.328. The van der Waals surface area contributed by atoms with E-state index in [1.54, 1.807) is 6.07 Å². The summed E-state index contributed by atoms with van der Waals surface area (Å²) >= 11 is 0. The Morgan fingerprint density at radius 3 is 2.29 bits per heavy atom. The first kappa shape index (κ1) is 23.7. The highest BCUT2D eigenvalue weighted by atomic mass is 35.5. The fourth-order valence-electron chi connectivity index (χ4n) is 3.97. The van der Waals surface area contributed by atoms with Crippen molar-refractivity contribution in [1.82, 2.24) is 5.32 Å². The Morgan fingerprint density at radius 1 is 0.935 bits per heavy atom. The summed E-state index contributed by atoms with van der Waals surface area (Å²) in [6, 6.07) is 8.24. The largest absolute Gasteiger partial charge is 0.487 e. The van der Waals surface area contributed by atoms with Gasteiger partial charge in [0, 0.05) is 25.1 Å². The lowest BCUT2D eigenvalue weighted by Crippen LogP contribution is -2.46. The maximum absolute atomic E-state index is 13.3. The van der Waals surface area contributed by atoms with Gasteiger partial charge in [-0.25, -0.2) is 8.78 Å². The normalized spacial score (nSPS) is 24.0. The predicted molar refractivity (Wildman–Crippen MR) is 112 cm³/mol. The Morgan fingerprint density at radius 2 is 1.55 bits per heavy atom. The van der Waals surface area contributed by atoms with E-state index in [9.17, 15) is 24.1 Å². The molecule has 9 heteroatoms. The van der Waals surface area contributed by atoms with Crippen LogP contribution in [0.5, 0.6) is 11.5 Å². The quantitative estimate of drug-likeness (QED) is 0.532. The number of halogens is 3. The Bertz CT molecular complexity index is 902. The predicted octanol–water partition coefficient (Wildman–Crippen LogP) is 2.28. The Hall–Kier alpha value is -1.97. The molecule has 0 amide bonds. The van der Waals surface area contributed by atoms with E-state index in [-0.39, 0.29) is 37.7 Å². The zero-order chi connectivity index (χ0) is 21.3. The number of aliphatic hydroxyl groups excluding tert-OH is 3. The summed E-state index contributed by atoms with van der Waals surface area (Å²) in [6.07, 6.45) is -2.43. The van der Waals surface area contributed by atoms with Gasteiger partial charge in [0.25, 0.3) is 0 Å². The van der Waals surface area contributed by atoms with Crippen molar-refractivity contribution in [1.29, 1.82) is 0 Å². The number of aliphatic hydroxyl groups is 3. The van der Waals surface area contributed by atoms with Gasteiger partial charge in [0.1, 0.15) is 47.5 Å². The number of aryl methyl sites for hydroxylation is 1. The summed E-state index contributed by atoms with van der Waals surface area (Å²) < 4.78 is 38.1. The molecule has 2 aromatic rings. The molecule has 6 nitrogen and oxygen atoms in total. The number of rotatable bonds is 6. The van der Waals surface area contributed by atoms with Gasteiger partial charge >= 0.3 is 0 Å². The topological polar surface area (TPSA) is 91.2 Å². The van der Waals surface area contributed by atoms with E-state index in [0.29, 0.717) is 29.9 Å². The molecular formula is C22H26ClF2NO5. The number of fused-ring (bicyclic) bond motifs is 2. The SMILES string of the molecule is Cl.OC1CC(C(O)CNCC(O)C2CCc3cc(F)ccc3O2)Oc2ccc(F)cc21. The van der Waals surface area contributed by atoms with Crippen molar-refractivity contribution in [2.45, 2.75) is 49.8 Å². The fourth-order valence-corrected chi connectivity index (χ4v) is 3.97. The zero-order valence-electron chi connectivity index (χ0n) is 16.7. The third kappa shape index (κ3) is 5.45. The number of hydrogen-bond donors (Lipinski definition) is 4. The van der Waals surface area contributed by atoms with E-state index in [1.807, 2.05) is 0 Å². The molecule has 0 saturated heterocycles. The number of benzene rings is 2. The van der Waals surface area contributed by atoms with Crippen molar-refractivity contribution in [3.8, 4) is 11.5 Å².